The third kappa shape index (κ3) is 16.1. The molecule has 10 N–H and O–H groups in total. The van der Waals surface area contributed by atoms with Gasteiger partial charge in [0.25, 0.3) is 0 Å². The number of hydrogen-bond donors (Lipinski definition) is 5. The van der Waals surface area contributed by atoms with Crippen molar-refractivity contribution >= 4 is 134 Å². The molecule has 10 nitrogen and oxygen atoms in total. The fourth-order valence-corrected chi connectivity index (χ4v) is 9.80. The van der Waals surface area contributed by atoms with Crippen LogP contribution in [0.25, 0.3) is 54.5 Å². The number of benzene rings is 5. The van der Waals surface area contributed by atoms with Crippen molar-refractivity contribution in [2.45, 2.75) is 138 Å². The number of anilines is 5. The first-order valence-corrected chi connectivity index (χ1v) is 28.0. The fourth-order valence-electron chi connectivity index (χ4n) is 8.81. The Balaban J connectivity index is 0.000000183. The average Bonchev–Trinajstić information content (AvgIpc) is 3.33. The SMILES string of the molecule is C.CC(C)(C)c1nc2c(Cl)cccc2cc1N.CC(C)(C)c1nc2cc(Cl)ccc2cc1N.CC(C)(C)c1nc2ccc(Br)cc2cc1N.CC(C)(C)c1nc2cccc(Cl)c2cc1N.CC(C)(C)c1nc2ccccc2cc1N. The third-order valence-corrected chi connectivity index (χ3v) is 13.9. The summed E-state index contributed by atoms with van der Waals surface area (Å²) >= 11 is 21.6. The van der Waals surface area contributed by atoms with Crippen LogP contribution in [0.4, 0.5) is 28.4 Å². The summed E-state index contributed by atoms with van der Waals surface area (Å²) in [6, 6.07) is 41.0. The number of aromatic nitrogens is 5. The van der Waals surface area contributed by atoms with Crippen LogP contribution in [0.15, 0.2) is 132 Å². The van der Waals surface area contributed by atoms with Crippen molar-refractivity contribution in [3.8, 4) is 0 Å². The van der Waals surface area contributed by atoms with Crippen LogP contribution in [0, 0.1) is 0 Å². The van der Waals surface area contributed by atoms with E-state index in [1.807, 2.05) is 127 Å². The van der Waals surface area contributed by atoms with E-state index in [1.165, 1.54) is 0 Å². The molecule has 422 valence electrons. The number of nitrogen functional groups attached to an aromatic ring is 5. The molecule has 0 atom stereocenters. The second-order valence-corrected chi connectivity index (χ2v) is 27.0. The van der Waals surface area contributed by atoms with Crippen LogP contribution >= 0.6 is 50.7 Å². The Morgan fingerprint density at radius 1 is 0.338 bits per heavy atom. The Hall–Kier alpha value is -6.50. The minimum Gasteiger partial charge on any atom is -0.397 e. The second kappa shape index (κ2) is 25.1. The summed E-state index contributed by atoms with van der Waals surface area (Å²) in [5, 5.41) is 7.15. The van der Waals surface area contributed by atoms with E-state index in [-0.39, 0.29) is 34.5 Å². The summed E-state index contributed by atoms with van der Waals surface area (Å²) in [5.41, 5.74) is 42.9. The molecule has 0 radical (unpaired) electrons. The molecule has 10 rings (SSSR count). The molecule has 0 aliphatic carbocycles. The molecule has 0 unspecified atom stereocenters. The van der Waals surface area contributed by atoms with Gasteiger partial charge >= 0.3 is 0 Å². The van der Waals surface area contributed by atoms with Gasteiger partial charge in [-0.1, -0.05) is 204 Å². The van der Waals surface area contributed by atoms with E-state index in [1.54, 1.807) is 0 Å². The van der Waals surface area contributed by atoms with Crippen LogP contribution in [0.5, 0.6) is 0 Å². The second-order valence-electron chi connectivity index (χ2n) is 24.9. The van der Waals surface area contributed by atoms with E-state index in [2.05, 4.69) is 145 Å². The predicted octanol–water partition coefficient (Wildman–Crippen LogP) is 18.9. The number of nitrogens with two attached hydrogens (primary N) is 5. The van der Waals surface area contributed by atoms with Crippen molar-refractivity contribution in [1.29, 1.82) is 0 Å². The summed E-state index contributed by atoms with van der Waals surface area (Å²) in [4.78, 5) is 23.0. The van der Waals surface area contributed by atoms with Crippen molar-refractivity contribution in [2.24, 2.45) is 0 Å². The number of hydrogen-bond acceptors (Lipinski definition) is 10. The van der Waals surface area contributed by atoms with E-state index in [0.29, 0.717) is 20.8 Å². The van der Waals surface area contributed by atoms with Crippen LogP contribution in [-0.4, -0.2) is 24.9 Å². The van der Waals surface area contributed by atoms with E-state index in [0.717, 1.165) is 110 Å². The maximum atomic E-state index is 6.13. The van der Waals surface area contributed by atoms with Gasteiger partial charge in [-0.25, -0.2) is 4.98 Å². The van der Waals surface area contributed by atoms with E-state index >= 15 is 0 Å². The minimum atomic E-state index is -0.0720. The first-order valence-electron chi connectivity index (χ1n) is 26.1. The quantitative estimate of drug-likeness (QED) is 0.0975. The van der Waals surface area contributed by atoms with Crippen molar-refractivity contribution in [3.05, 3.63) is 175 Å². The Morgan fingerprint density at radius 2 is 0.713 bits per heavy atom. The van der Waals surface area contributed by atoms with Gasteiger partial charge in [-0.3, -0.25) is 19.9 Å². The maximum Gasteiger partial charge on any atom is 0.0893 e. The number of nitrogens with zero attached hydrogens (tertiary/aromatic N) is 5. The normalized spacial score (nSPS) is 11.8. The molecule has 0 saturated heterocycles. The Morgan fingerprint density at radius 3 is 1.24 bits per heavy atom. The highest BCUT2D eigenvalue weighted by molar-refractivity contribution is 9.10. The monoisotopic (exact) mass is 1200 g/mol. The largest absolute Gasteiger partial charge is 0.397 e. The predicted molar refractivity (Wildman–Crippen MR) is 354 cm³/mol. The van der Waals surface area contributed by atoms with Crippen molar-refractivity contribution in [3.63, 3.8) is 0 Å². The van der Waals surface area contributed by atoms with Gasteiger partial charge in [0, 0.05) is 63.5 Å². The lowest BCUT2D eigenvalue weighted by Gasteiger charge is -2.20. The van der Waals surface area contributed by atoms with Gasteiger partial charge in [-0.2, -0.15) is 0 Å². The number of rotatable bonds is 0. The Kier molecular flexibility index (Phi) is 20.2. The highest BCUT2D eigenvalue weighted by Crippen LogP contribution is 2.35. The molecule has 10 aromatic rings. The number of fused-ring (bicyclic) bond motifs is 5. The highest BCUT2D eigenvalue weighted by Gasteiger charge is 2.24. The smallest absolute Gasteiger partial charge is 0.0893 e. The average molecular weight is 1200 g/mol. The lowest BCUT2D eigenvalue weighted by molar-refractivity contribution is 0.574. The minimum absolute atomic E-state index is 0. The molecule has 14 heteroatoms. The zero-order valence-corrected chi connectivity index (χ0v) is 52.1. The van der Waals surface area contributed by atoms with Crippen molar-refractivity contribution in [2.75, 3.05) is 28.7 Å². The van der Waals surface area contributed by atoms with Gasteiger partial charge in [0.2, 0.25) is 0 Å². The van der Waals surface area contributed by atoms with Crippen LogP contribution < -0.4 is 28.7 Å². The zero-order chi connectivity index (χ0) is 58.7. The third-order valence-electron chi connectivity index (χ3n) is 12.6. The molecule has 5 aromatic carbocycles. The van der Waals surface area contributed by atoms with Gasteiger partial charge in [-0.05, 0) is 84.9 Å². The summed E-state index contributed by atoms with van der Waals surface area (Å²) in [6.07, 6.45) is 0. The van der Waals surface area contributed by atoms with Crippen LogP contribution in [-0.2, 0) is 27.1 Å². The first-order chi connectivity index (χ1) is 36.5. The van der Waals surface area contributed by atoms with Gasteiger partial charge in [0.1, 0.15) is 0 Å². The van der Waals surface area contributed by atoms with Crippen molar-refractivity contribution in [1.82, 2.24) is 24.9 Å². The van der Waals surface area contributed by atoms with Gasteiger partial charge in [0.05, 0.1) is 94.5 Å². The summed E-state index contributed by atoms with van der Waals surface area (Å²) in [5.74, 6) is 0. The number of halogens is 4. The molecular weight excluding hydrogens is 1120 g/mol. The van der Waals surface area contributed by atoms with E-state index < -0.39 is 0 Å². The van der Waals surface area contributed by atoms with E-state index in [4.69, 9.17) is 63.5 Å². The van der Waals surface area contributed by atoms with Gasteiger partial charge in [-0.15, -0.1) is 0 Å². The molecule has 0 bridgehead atoms. The summed E-state index contributed by atoms with van der Waals surface area (Å²) in [7, 11) is 0. The van der Waals surface area contributed by atoms with E-state index in [9.17, 15) is 0 Å². The first kappa shape index (κ1) is 64.3. The number of pyridine rings is 5. The standard InChI is InChI=1S/C13H15BrN2.3C13H15ClN2.C13H16N2.CH4/c1-13(2,3)12-10(15)7-8-6-9(14)4-5-11(8)16-12;1-13(2,3)12-10(15)6-8-4-5-9(14)7-11(8)16-12;1-13(2,3)12-10(15)7-8-9(14)5-4-6-11(8)16-12;1-13(2,3)12-10(15)7-8-5-4-6-9(14)11(8)16-12;1-13(2,3)12-10(14)8-9-6-4-5-7-11(9)15-12;/h4*4-7H,15H2,1-3H3;4-8H,14H2,1-3H3;1H4. The fraction of sp³-hybridized carbons (Fsp3) is 0.318. The molecule has 80 heavy (non-hydrogen) atoms. The molecule has 0 fully saturated rings. The molecular formula is C66H80BrCl3N10. The molecule has 5 aromatic heterocycles. The lowest BCUT2D eigenvalue weighted by atomic mass is 9.90. The molecule has 0 saturated carbocycles. The van der Waals surface area contributed by atoms with Crippen LogP contribution in [0.1, 0.15) is 140 Å². The lowest BCUT2D eigenvalue weighted by Crippen LogP contribution is -2.16. The van der Waals surface area contributed by atoms with Gasteiger partial charge in [0.15, 0.2) is 0 Å². The molecule has 0 spiro atoms. The molecule has 0 aliphatic heterocycles. The van der Waals surface area contributed by atoms with Crippen molar-refractivity contribution < 1.29 is 0 Å². The maximum absolute atomic E-state index is 6.13. The molecule has 5 heterocycles. The molecule has 0 aliphatic rings. The van der Waals surface area contributed by atoms with Crippen LogP contribution in [0.3, 0.4) is 0 Å². The zero-order valence-electron chi connectivity index (χ0n) is 48.3. The topological polar surface area (TPSA) is 195 Å². The summed E-state index contributed by atoms with van der Waals surface area (Å²) < 4.78 is 1.05. The highest BCUT2D eigenvalue weighted by atomic mass is 79.9. The van der Waals surface area contributed by atoms with Gasteiger partial charge < -0.3 is 28.7 Å². The van der Waals surface area contributed by atoms with Crippen LogP contribution in [0.2, 0.25) is 15.1 Å². The Bertz CT molecular complexity index is 3800. The molecule has 0 amide bonds. The summed E-state index contributed by atoms with van der Waals surface area (Å²) in [6.45, 7) is 31.6. The number of para-hydroxylation sites is 2. The Labute approximate surface area is 497 Å².